The number of nitrogens with one attached hydrogen (secondary N) is 1. The van der Waals surface area contributed by atoms with E-state index in [1.54, 1.807) is 12.1 Å². The van der Waals surface area contributed by atoms with Gasteiger partial charge in [-0.3, -0.25) is 14.9 Å². The molecule has 0 aromatic heterocycles. The molecule has 2 aliphatic heterocycles. The number of nitrogens with zero attached hydrogens (tertiary/aromatic N) is 1. The fourth-order valence-corrected chi connectivity index (χ4v) is 2.87. The van der Waals surface area contributed by atoms with Gasteiger partial charge in [0.1, 0.15) is 0 Å². The van der Waals surface area contributed by atoms with Gasteiger partial charge in [0.05, 0.1) is 11.1 Å². The third-order valence-electron chi connectivity index (χ3n) is 3.93. The van der Waals surface area contributed by atoms with Crippen molar-refractivity contribution in [1.29, 1.82) is 0 Å². The van der Waals surface area contributed by atoms with Gasteiger partial charge in [-0.05, 0) is 29.3 Å². The van der Waals surface area contributed by atoms with E-state index >= 15 is 0 Å². The molecule has 2 aromatic carbocycles. The Kier molecular flexibility index (Phi) is 2.21. The number of imide groups is 1. The first-order valence-electron chi connectivity index (χ1n) is 6.54. The van der Waals surface area contributed by atoms with Crippen LogP contribution >= 0.6 is 0 Å². The topological polar surface area (TPSA) is 49.4 Å². The monoisotopic (exact) mass is 264 g/mol. The van der Waals surface area contributed by atoms with Gasteiger partial charge in [0.2, 0.25) is 0 Å². The van der Waals surface area contributed by atoms with E-state index in [0.717, 1.165) is 18.8 Å². The highest BCUT2D eigenvalue weighted by Gasteiger charge is 2.28. The Balaban J connectivity index is 1.71. The number of hydrogen-bond donors (Lipinski definition) is 1. The lowest BCUT2D eigenvalue weighted by atomic mass is 10.1. The molecule has 0 radical (unpaired) electrons. The molecule has 0 saturated heterocycles. The van der Waals surface area contributed by atoms with Crippen LogP contribution in [-0.4, -0.2) is 11.8 Å². The van der Waals surface area contributed by atoms with Crippen molar-refractivity contribution in [3.63, 3.8) is 0 Å². The van der Waals surface area contributed by atoms with Crippen LogP contribution in [0.5, 0.6) is 0 Å². The van der Waals surface area contributed by atoms with E-state index in [-0.39, 0.29) is 11.8 Å². The highest BCUT2D eigenvalue weighted by molar-refractivity contribution is 6.21. The molecule has 4 nitrogen and oxygen atoms in total. The number of benzene rings is 2. The molecular weight excluding hydrogens is 252 g/mol. The molecule has 0 unspecified atom stereocenters. The molecule has 0 atom stereocenters. The van der Waals surface area contributed by atoms with E-state index < -0.39 is 0 Å². The lowest BCUT2D eigenvalue weighted by Crippen LogP contribution is -2.20. The Morgan fingerprint density at radius 3 is 2.20 bits per heavy atom. The first-order chi connectivity index (χ1) is 9.72. The lowest BCUT2D eigenvalue weighted by Gasteiger charge is -2.18. The van der Waals surface area contributed by atoms with Gasteiger partial charge >= 0.3 is 0 Å². The molecule has 1 N–H and O–H groups in total. The Morgan fingerprint density at radius 2 is 1.50 bits per heavy atom. The molecule has 0 fully saturated rings. The van der Waals surface area contributed by atoms with Crippen LogP contribution in [0.25, 0.3) is 0 Å². The number of carbonyl (C=O) groups excluding carboxylic acids is 2. The summed E-state index contributed by atoms with van der Waals surface area (Å²) < 4.78 is 0. The zero-order valence-corrected chi connectivity index (χ0v) is 10.7. The molecule has 2 heterocycles. The van der Waals surface area contributed by atoms with E-state index in [0.29, 0.717) is 11.1 Å². The minimum absolute atomic E-state index is 0.302. The summed E-state index contributed by atoms with van der Waals surface area (Å²) in [5.41, 5.74) is 4.55. The molecule has 2 aromatic rings. The van der Waals surface area contributed by atoms with Crippen LogP contribution < -0.4 is 10.2 Å². The van der Waals surface area contributed by atoms with Crippen molar-refractivity contribution in [1.82, 2.24) is 5.32 Å². The second kappa shape index (κ2) is 3.93. The zero-order valence-electron chi connectivity index (χ0n) is 10.7. The average molecular weight is 264 g/mol. The van der Waals surface area contributed by atoms with Crippen molar-refractivity contribution in [2.45, 2.75) is 13.1 Å². The van der Waals surface area contributed by atoms with E-state index in [1.165, 1.54) is 11.1 Å². The second-order valence-electron chi connectivity index (χ2n) is 5.14. The molecule has 0 aliphatic carbocycles. The molecule has 20 heavy (non-hydrogen) atoms. The van der Waals surface area contributed by atoms with Gasteiger partial charge in [0.15, 0.2) is 0 Å². The first-order valence-corrected chi connectivity index (χ1v) is 6.54. The summed E-state index contributed by atoms with van der Waals surface area (Å²) in [6.45, 7) is 1.68. The van der Waals surface area contributed by atoms with Crippen LogP contribution in [-0.2, 0) is 13.1 Å². The van der Waals surface area contributed by atoms with Crippen LogP contribution in [0.1, 0.15) is 31.8 Å². The normalized spacial score (nSPS) is 16.1. The molecular formula is C16H12N2O2. The number of anilines is 1. The third-order valence-corrected chi connectivity index (χ3v) is 3.93. The second-order valence-corrected chi connectivity index (χ2v) is 5.14. The molecule has 0 saturated carbocycles. The van der Waals surface area contributed by atoms with Crippen LogP contribution in [0.3, 0.4) is 0 Å². The van der Waals surface area contributed by atoms with E-state index in [1.807, 2.05) is 18.2 Å². The van der Waals surface area contributed by atoms with Gasteiger partial charge < -0.3 is 4.90 Å². The molecule has 4 rings (SSSR count). The molecule has 2 aliphatic rings. The summed E-state index contributed by atoms with van der Waals surface area (Å²) in [5.74, 6) is -0.607. The predicted molar refractivity (Wildman–Crippen MR) is 74.6 cm³/mol. The first kappa shape index (κ1) is 11.2. The third kappa shape index (κ3) is 1.54. The van der Waals surface area contributed by atoms with Crippen LogP contribution in [0, 0.1) is 0 Å². The summed E-state index contributed by atoms with van der Waals surface area (Å²) >= 11 is 0. The maximum atomic E-state index is 11.7. The number of hydrogen-bond acceptors (Lipinski definition) is 3. The molecule has 0 bridgehead atoms. The fourth-order valence-electron chi connectivity index (χ4n) is 2.87. The Bertz CT molecular complexity index is 727. The van der Waals surface area contributed by atoms with Crippen molar-refractivity contribution >= 4 is 17.5 Å². The van der Waals surface area contributed by atoms with Crippen molar-refractivity contribution < 1.29 is 9.59 Å². The average Bonchev–Trinajstić information content (AvgIpc) is 3.01. The smallest absolute Gasteiger partial charge is 0.259 e. The summed E-state index contributed by atoms with van der Waals surface area (Å²) in [5, 5.41) is 2.32. The van der Waals surface area contributed by atoms with Gasteiger partial charge in [-0.1, -0.05) is 24.3 Å². The fraction of sp³-hybridized carbons (Fsp3) is 0.125. The van der Waals surface area contributed by atoms with E-state index in [4.69, 9.17) is 0 Å². The van der Waals surface area contributed by atoms with Crippen LogP contribution in [0.2, 0.25) is 0 Å². The predicted octanol–water partition coefficient (Wildman–Crippen LogP) is 2.09. The minimum Gasteiger partial charge on any atom is -0.363 e. The zero-order chi connectivity index (χ0) is 13.7. The molecule has 4 heteroatoms. The van der Waals surface area contributed by atoms with E-state index in [2.05, 4.69) is 22.3 Å². The largest absolute Gasteiger partial charge is 0.363 e. The summed E-state index contributed by atoms with van der Waals surface area (Å²) in [7, 11) is 0. The molecule has 98 valence electrons. The highest BCUT2D eigenvalue weighted by Crippen LogP contribution is 2.30. The van der Waals surface area contributed by atoms with Gasteiger partial charge in [-0.25, -0.2) is 0 Å². The summed E-state index contributed by atoms with van der Waals surface area (Å²) in [6.07, 6.45) is 0. The maximum absolute atomic E-state index is 11.7. The van der Waals surface area contributed by atoms with Crippen molar-refractivity contribution in [2.24, 2.45) is 0 Å². The standard InChI is InChI=1S/C16H12N2O2/c19-15-13-6-5-12(7-14(13)16(20)17-15)18-8-10-3-1-2-4-11(10)9-18/h1-7H,8-9H2,(H,17,19,20). The van der Waals surface area contributed by atoms with Crippen molar-refractivity contribution in [2.75, 3.05) is 4.90 Å². The van der Waals surface area contributed by atoms with Crippen LogP contribution in [0.15, 0.2) is 42.5 Å². The number of amides is 2. The van der Waals surface area contributed by atoms with E-state index in [9.17, 15) is 9.59 Å². The molecule has 0 spiro atoms. The Labute approximate surface area is 116 Å². The SMILES string of the molecule is O=C1NC(=O)c2cc(N3Cc4ccccc4C3)ccc21. The van der Waals surface area contributed by atoms with Gasteiger partial charge in [-0.2, -0.15) is 0 Å². The Hall–Kier alpha value is -2.62. The summed E-state index contributed by atoms with van der Waals surface area (Å²) in [6, 6.07) is 13.8. The maximum Gasteiger partial charge on any atom is 0.259 e. The van der Waals surface area contributed by atoms with Crippen molar-refractivity contribution in [3.05, 3.63) is 64.7 Å². The van der Waals surface area contributed by atoms with Gasteiger partial charge in [0.25, 0.3) is 11.8 Å². The minimum atomic E-state index is -0.304. The van der Waals surface area contributed by atoms with Crippen LogP contribution in [0.4, 0.5) is 5.69 Å². The highest BCUT2D eigenvalue weighted by atomic mass is 16.2. The lowest BCUT2D eigenvalue weighted by molar-refractivity contribution is 0.0879. The number of fused-ring (bicyclic) bond motifs is 2. The Morgan fingerprint density at radius 1 is 0.850 bits per heavy atom. The number of carbonyl (C=O) groups is 2. The number of rotatable bonds is 1. The van der Waals surface area contributed by atoms with Gasteiger partial charge in [-0.15, -0.1) is 0 Å². The quantitative estimate of drug-likeness (QED) is 0.802. The molecule has 2 amide bonds. The van der Waals surface area contributed by atoms with Crippen molar-refractivity contribution in [3.8, 4) is 0 Å². The van der Waals surface area contributed by atoms with Gasteiger partial charge in [0, 0.05) is 18.8 Å². The summed E-state index contributed by atoms with van der Waals surface area (Å²) in [4.78, 5) is 25.5.